The zero-order chi connectivity index (χ0) is 15.0. The molecule has 110 valence electrons. The topological polar surface area (TPSA) is 51.8 Å². The van der Waals surface area contributed by atoms with E-state index in [9.17, 15) is 13.2 Å². The minimum atomic E-state index is -4.53. The largest absolute Gasteiger partial charge is 0.433 e. The number of nitrogens with zero attached hydrogens (tertiary/aromatic N) is 2. The molecule has 2 aromatic rings. The molecule has 21 heavy (non-hydrogen) atoms. The van der Waals surface area contributed by atoms with Gasteiger partial charge in [-0.1, -0.05) is 30.7 Å². The summed E-state index contributed by atoms with van der Waals surface area (Å²) in [6, 6.07) is 8.40. The van der Waals surface area contributed by atoms with Crippen LogP contribution < -0.4 is 5.73 Å². The Labute approximate surface area is 120 Å². The SMILES string of the molecule is Nc1nc(-c2ccc(C3CCC3)cc2)cc(C(F)(F)F)n1. The number of anilines is 1. The van der Waals surface area contributed by atoms with E-state index >= 15 is 0 Å². The van der Waals surface area contributed by atoms with E-state index in [1.807, 2.05) is 12.1 Å². The van der Waals surface area contributed by atoms with Gasteiger partial charge in [0.25, 0.3) is 0 Å². The maximum absolute atomic E-state index is 12.7. The Morgan fingerprint density at radius 1 is 1.05 bits per heavy atom. The third-order valence-electron chi connectivity index (χ3n) is 3.82. The molecule has 0 saturated heterocycles. The molecule has 1 fully saturated rings. The predicted molar refractivity (Wildman–Crippen MR) is 73.5 cm³/mol. The van der Waals surface area contributed by atoms with Crippen molar-refractivity contribution < 1.29 is 13.2 Å². The van der Waals surface area contributed by atoms with Gasteiger partial charge >= 0.3 is 6.18 Å². The molecule has 1 aliphatic carbocycles. The fraction of sp³-hybridized carbons (Fsp3) is 0.333. The van der Waals surface area contributed by atoms with Gasteiger partial charge in [-0.05, 0) is 30.4 Å². The highest BCUT2D eigenvalue weighted by atomic mass is 19.4. The molecule has 1 saturated carbocycles. The summed E-state index contributed by atoms with van der Waals surface area (Å²) in [5, 5.41) is 0. The second-order valence-corrected chi connectivity index (χ2v) is 5.24. The Morgan fingerprint density at radius 3 is 2.24 bits per heavy atom. The van der Waals surface area contributed by atoms with Gasteiger partial charge in [-0.15, -0.1) is 0 Å². The summed E-state index contributed by atoms with van der Waals surface area (Å²) in [7, 11) is 0. The first kappa shape index (κ1) is 13.9. The molecule has 0 spiro atoms. The molecule has 0 unspecified atom stereocenters. The lowest BCUT2D eigenvalue weighted by Crippen LogP contribution is -2.11. The lowest BCUT2D eigenvalue weighted by atomic mass is 9.80. The van der Waals surface area contributed by atoms with Crippen LogP contribution in [0.1, 0.15) is 36.4 Å². The molecule has 0 atom stereocenters. The fourth-order valence-corrected chi connectivity index (χ4v) is 2.43. The number of hydrogen-bond donors (Lipinski definition) is 1. The molecule has 3 nitrogen and oxygen atoms in total. The number of hydrogen-bond acceptors (Lipinski definition) is 3. The molecule has 0 amide bonds. The van der Waals surface area contributed by atoms with Gasteiger partial charge in [-0.3, -0.25) is 0 Å². The maximum Gasteiger partial charge on any atom is 0.433 e. The summed E-state index contributed by atoms with van der Waals surface area (Å²) in [6.45, 7) is 0. The van der Waals surface area contributed by atoms with Crippen LogP contribution in [-0.2, 0) is 6.18 Å². The highest BCUT2D eigenvalue weighted by Gasteiger charge is 2.33. The summed E-state index contributed by atoms with van der Waals surface area (Å²) in [5.41, 5.74) is 6.38. The van der Waals surface area contributed by atoms with E-state index in [0.29, 0.717) is 11.5 Å². The van der Waals surface area contributed by atoms with Crippen molar-refractivity contribution in [1.82, 2.24) is 9.97 Å². The molecule has 2 N–H and O–H groups in total. The lowest BCUT2D eigenvalue weighted by Gasteiger charge is -2.25. The van der Waals surface area contributed by atoms with Gasteiger partial charge in [-0.25, -0.2) is 9.97 Å². The van der Waals surface area contributed by atoms with Crippen LogP contribution in [-0.4, -0.2) is 9.97 Å². The fourth-order valence-electron chi connectivity index (χ4n) is 2.43. The summed E-state index contributed by atoms with van der Waals surface area (Å²) >= 11 is 0. The maximum atomic E-state index is 12.7. The number of benzene rings is 1. The third-order valence-corrected chi connectivity index (χ3v) is 3.82. The van der Waals surface area contributed by atoms with Crippen LogP contribution in [0.5, 0.6) is 0 Å². The monoisotopic (exact) mass is 293 g/mol. The van der Waals surface area contributed by atoms with E-state index in [-0.39, 0.29) is 11.6 Å². The normalized spacial score (nSPS) is 15.8. The van der Waals surface area contributed by atoms with E-state index in [0.717, 1.165) is 6.07 Å². The van der Waals surface area contributed by atoms with Crippen LogP contribution in [0.4, 0.5) is 19.1 Å². The van der Waals surface area contributed by atoms with E-state index in [4.69, 9.17) is 5.73 Å². The van der Waals surface area contributed by atoms with Crippen LogP contribution in [0.25, 0.3) is 11.3 Å². The molecule has 1 aromatic carbocycles. The second-order valence-electron chi connectivity index (χ2n) is 5.24. The molecule has 3 rings (SSSR count). The lowest BCUT2D eigenvalue weighted by molar-refractivity contribution is -0.141. The molecule has 0 radical (unpaired) electrons. The van der Waals surface area contributed by atoms with E-state index in [2.05, 4.69) is 9.97 Å². The van der Waals surface area contributed by atoms with Crippen molar-refractivity contribution in [3.63, 3.8) is 0 Å². The first-order chi connectivity index (χ1) is 9.93. The Bertz CT molecular complexity index is 646. The average molecular weight is 293 g/mol. The van der Waals surface area contributed by atoms with Crippen molar-refractivity contribution in [3.8, 4) is 11.3 Å². The Hall–Kier alpha value is -2.11. The van der Waals surface area contributed by atoms with Crippen molar-refractivity contribution in [2.45, 2.75) is 31.4 Å². The highest BCUT2D eigenvalue weighted by Crippen LogP contribution is 2.37. The quantitative estimate of drug-likeness (QED) is 0.910. The summed E-state index contributed by atoms with van der Waals surface area (Å²) in [6.07, 6.45) is -0.933. The molecular weight excluding hydrogens is 279 g/mol. The number of nitrogens with two attached hydrogens (primary N) is 1. The second kappa shape index (κ2) is 5.02. The smallest absolute Gasteiger partial charge is 0.368 e. The van der Waals surface area contributed by atoms with E-state index < -0.39 is 11.9 Å². The number of aromatic nitrogens is 2. The standard InChI is InChI=1S/C15H14F3N3/c16-15(17,18)13-8-12(20-14(19)21-13)11-6-4-10(5-7-11)9-2-1-3-9/h4-9H,1-3H2,(H2,19,20,21). The molecule has 1 aromatic heterocycles. The Morgan fingerprint density at radius 2 is 1.71 bits per heavy atom. The zero-order valence-electron chi connectivity index (χ0n) is 11.2. The van der Waals surface area contributed by atoms with Crippen molar-refractivity contribution in [2.24, 2.45) is 0 Å². The predicted octanol–water partition coefficient (Wildman–Crippen LogP) is 4.01. The van der Waals surface area contributed by atoms with Crippen LogP contribution in [0.3, 0.4) is 0 Å². The van der Waals surface area contributed by atoms with Gasteiger partial charge in [-0.2, -0.15) is 13.2 Å². The number of halogens is 3. The van der Waals surface area contributed by atoms with Crippen LogP contribution in [0.15, 0.2) is 30.3 Å². The number of alkyl halides is 3. The first-order valence-corrected chi connectivity index (χ1v) is 6.75. The Kier molecular flexibility index (Phi) is 3.31. The Balaban J connectivity index is 1.94. The zero-order valence-corrected chi connectivity index (χ0v) is 11.2. The summed E-state index contributed by atoms with van der Waals surface area (Å²) < 4.78 is 38.2. The van der Waals surface area contributed by atoms with E-state index in [1.54, 1.807) is 12.1 Å². The van der Waals surface area contributed by atoms with Gasteiger partial charge in [0.05, 0.1) is 5.69 Å². The highest BCUT2D eigenvalue weighted by molar-refractivity contribution is 5.61. The minimum absolute atomic E-state index is 0.190. The van der Waals surface area contributed by atoms with Crippen molar-refractivity contribution in [1.29, 1.82) is 0 Å². The summed E-state index contributed by atoms with van der Waals surface area (Å²) in [5.74, 6) is 0.211. The van der Waals surface area contributed by atoms with Gasteiger partial charge in [0.1, 0.15) is 0 Å². The van der Waals surface area contributed by atoms with Gasteiger partial charge in [0.2, 0.25) is 5.95 Å². The van der Waals surface area contributed by atoms with Gasteiger partial charge < -0.3 is 5.73 Å². The molecule has 6 heteroatoms. The molecule has 0 bridgehead atoms. The number of rotatable bonds is 2. The van der Waals surface area contributed by atoms with Crippen LogP contribution in [0.2, 0.25) is 0 Å². The minimum Gasteiger partial charge on any atom is -0.368 e. The number of nitrogen functional groups attached to an aromatic ring is 1. The third kappa shape index (κ3) is 2.84. The summed E-state index contributed by atoms with van der Waals surface area (Å²) in [4.78, 5) is 7.13. The van der Waals surface area contributed by atoms with Gasteiger partial charge in [0.15, 0.2) is 5.69 Å². The van der Waals surface area contributed by atoms with Crippen molar-refractivity contribution in [3.05, 3.63) is 41.6 Å². The van der Waals surface area contributed by atoms with Gasteiger partial charge in [0, 0.05) is 5.56 Å². The van der Waals surface area contributed by atoms with Crippen LogP contribution >= 0.6 is 0 Å². The average Bonchev–Trinajstić information content (AvgIpc) is 2.36. The molecule has 1 aliphatic rings. The van der Waals surface area contributed by atoms with Crippen LogP contribution in [0, 0.1) is 0 Å². The van der Waals surface area contributed by atoms with Crippen molar-refractivity contribution in [2.75, 3.05) is 5.73 Å². The molecular formula is C15H14F3N3. The van der Waals surface area contributed by atoms with Crippen molar-refractivity contribution >= 4 is 5.95 Å². The molecule has 1 heterocycles. The van der Waals surface area contributed by atoms with E-state index in [1.165, 1.54) is 24.8 Å². The molecule has 0 aliphatic heterocycles. The first-order valence-electron chi connectivity index (χ1n) is 6.75.